The molecule has 0 aliphatic heterocycles. The Morgan fingerprint density at radius 2 is 0.191 bits per heavy atom. The van der Waals surface area contributed by atoms with E-state index in [-0.39, 0.29) is 0 Å². The molecule has 410 valence electrons. The van der Waals surface area contributed by atoms with Crippen molar-refractivity contribution in [1.29, 1.82) is 0 Å². The predicted octanol–water partition coefficient (Wildman–Crippen LogP) is 13.8. The van der Waals surface area contributed by atoms with Gasteiger partial charge in [0.15, 0.2) is 0 Å². The second-order valence-electron chi connectivity index (χ2n) is 12.5. The fraction of sp³-hybridized carbons (Fsp3) is 1.00. The summed E-state index contributed by atoms with van der Waals surface area (Å²) in [6.07, 6.45) is -16.7. The quantitative estimate of drug-likeness (QED) is 0.121. The van der Waals surface area contributed by atoms with Crippen molar-refractivity contribution in [3.63, 3.8) is 0 Å². The smallest absolute Gasteiger partial charge is 0.331 e. The molecule has 46 heteroatoms. The van der Waals surface area contributed by atoms with E-state index in [1.165, 1.54) is 0 Å². The van der Waals surface area contributed by atoms with E-state index in [0.717, 1.165) is 0 Å². The van der Waals surface area contributed by atoms with Gasteiger partial charge >= 0.3 is 131 Å². The van der Waals surface area contributed by atoms with E-state index in [2.05, 4.69) is 0 Å². The summed E-state index contributed by atoms with van der Waals surface area (Å²) in [5, 5.41) is 7.44. The van der Waals surface area contributed by atoms with Gasteiger partial charge < -0.3 is 5.11 Å². The van der Waals surface area contributed by atoms with E-state index in [4.69, 9.17) is 5.11 Å². The third kappa shape index (κ3) is 6.95. The van der Waals surface area contributed by atoms with Crippen LogP contribution in [0.1, 0.15) is 0 Å². The van der Waals surface area contributed by atoms with Crippen LogP contribution in [0.4, 0.5) is 198 Å². The molecule has 0 saturated carbocycles. The van der Waals surface area contributed by atoms with E-state index >= 15 is 0 Å². The van der Waals surface area contributed by atoms with Crippen LogP contribution in [0.15, 0.2) is 0 Å². The molecule has 0 spiro atoms. The van der Waals surface area contributed by atoms with Gasteiger partial charge in [-0.15, -0.1) is 0 Å². The number of halogens is 45. The molecule has 1 N–H and O–H groups in total. The first-order valence-electron chi connectivity index (χ1n) is 14.0. The van der Waals surface area contributed by atoms with Gasteiger partial charge in [0.2, 0.25) is 0 Å². The Morgan fingerprint density at radius 3 is 0.265 bits per heavy atom. The topological polar surface area (TPSA) is 20.2 Å². The maximum absolute atomic E-state index is 14.0. The van der Waals surface area contributed by atoms with Crippen LogP contribution in [0.3, 0.4) is 0 Å². The predicted molar refractivity (Wildman–Crippen MR) is 112 cm³/mol. The van der Waals surface area contributed by atoms with Gasteiger partial charge in [-0.05, 0) is 0 Å². The first-order chi connectivity index (χ1) is 28.2. The van der Waals surface area contributed by atoms with Gasteiger partial charge in [0.05, 0.1) is 0 Å². The monoisotopic (exact) mass is 1140 g/mol. The minimum Gasteiger partial charge on any atom is -0.331 e. The molecule has 0 unspecified atom stereocenters. The number of alkyl halides is 45. The molecule has 0 rings (SSSR count). The van der Waals surface area contributed by atoms with E-state index in [1.54, 1.807) is 0 Å². The summed E-state index contributed by atoms with van der Waals surface area (Å²) in [4.78, 5) is 0. The van der Waals surface area contributed by atoms with E-state index < -0.39 is 131 Å². The van der Waals surface area contributed by atoms with E-state index in [0.29, 0.717) is 0 Å². The van der Waals surface area contributed by atoms with Crippen LogP contribution >= 0.6 is 0 Å². The van der Waals surface area contributed by atoms with Crippen LogP contribution < -0.4 is 0 Å². The minimum atomic E-state index is -10.8. The van der Waals surface area contributed by atoms with Gasteiger partial charge in [-0.25, -0.2) is 0 Å². The summed E-state index contributed by atoms with van der Waals surface area (Å²) in [5.41, 5.74) is 0. The SMILES string of the molecule is OC(F)(F)C(F)(F)C(F)(F)C(F)(F)C(F)(F)C(F)(F)C(F)(F)C(F)(F)C(F)(F)C(F)(F)C(F)(F)C(F)(F)C(F)(F)C(F)(F)C(F)(F)C(F)(F)C(F)(F)C(F)(F)C(F)(F)C(F)(F)C(F)(F)C(F)(F)F. The number of aliphatic hydroxyl groups is 1. The zero-order valence-electron chi connectivity index (χ0n) is 28.5. The summed E-state index contributed by atoms with van der Waals surface area (Å²) < 4.78 is 608. The maximum atomic E-state index is 14.0. The van der Waals surface area contributed by atoms with Crippen LogP contribution in [-0.4, -0.2) is 136 Å². The molecular weight excluding hydrogens is 1140 g/mol. The van der Waals surface area contributed by atoms with Crippen LogP contribution in [0.25, 0.3) is 0 Å². The average Bonchev–Trinajstić information content (AvgIpc) is 3.08. The summed E-state index contributed by atoms with van der Waals surface area (Å²) in [5.74, 6) is -205. The molecule has 0 aliphatic rings. The highest BCUT2D eigenvalue weighted by molar-refractivity contribution is 5.24. The molecule has 0 saturated heterocycles. The third-order valence-electron chi connectivity index (χ3n) is 8.23. The van der Waals surface area contributed by atoms with Crippen molar-refractivity contribution >= 4 is 0 Å². The van der Waals surface area contributed by atoms with Crippen LogP contribution in [0.2, 0.25) is 0 Å². The third-order valence-corrected chi connectivity index (χ3v) is 8.23. The zero-order chi connectivity index (χ0) is 57.0. The van der Waals surface area contributed by atoms with Crippen LogP contribution in [0.5, 0.6) is 0 Å². The molecule has 0 aromatic carbocycles. The Balaban J connectivity index is 8.09. The molecule has 0 bridgehead atoms. The Labute approximate surface area is 335 Å². The highest BCUT2D eigenvalue weighted by atomic mass is 19.4. The molecular formula is C22HF45O. The zero-order valence-corrected chi connectivity index (χ0v) is 28.5. The summed E-state index contributed by atoms with van der Waals surface area (Å²) in [6.45, 7) is 0. The minimum absolute atomic E-state index is 7.44. The summed E-state index contributed by atoms with van der Waals surface area (Å²) in [6, 6.07) is 0. The molecule has 0 aromatic rings. The van der Waals surface area contributed by atoms with Gasteiger partial charge in [0.1, 0.15) is 0 Å². The van der Waals surface area contributed by atoms with E-state index in [1.807, 2.05) is 0 Å². The Morgan fingerprint density at radius 1 is 0.118 bits per heavy atom. The number of rotatable bonds is 20. The lowest BCUT2D eigenvalue weighted by atomic mass is 9.81. The highest BCUT2D eigenvalue weighted by Gasteiger charge is 3.04. The number of hydrogen-bond acceptors (Lipinski definition) is 1. The second-order valence-corrected chi connectivity index (χ2v) is 12.5. The lowest BCUT2D eigenvalue weighted by molar-refractivity contribution is -0.498. The number of hydrogen-bond donors (Lipinski definition) is 1. The van der Waals surface area contributed by atoms with Crippen molar-refractivity contribution in [3.05, 3.63) is 0 Å². The van der Waals surface area contributed by atoms with Gasteiger partial charge in [-0.3, -0.25) is 0 Å². The first-order valence-corrected chi connectivity index (χ1v) is 14.0. The molecule has 0 aromatic heterocycles. The van der Waals surface area contributed by atoms with E-state index in [9.17, 15) is 198 Å². The largest absolute Gasteiger partial charge is 0.460 e. The maximum Gasteiger partial charge on any atom is 0.460 e. The molecule has 68 heavy (non-hydrogen) atoms. The van der Waals surface area contributed by atoms with Crippen LogP contribution in [0, 0.1) is 0 Å². The molecule has 0 atom stereocenters. The fourth-order valence-electron chi connectivity index (χ4n) is 3.92. The first kappa shape index (κ1) is 64.8. The molecule has 1 nitrogen and oxygen atoms in total. The lowest BCUT2D eigenvalue weighted by Crippen LogP contribution is -2.81. The van der Waals surface area contributed by atoms with Gasteiger partial charge in [-0.2, -0.15) is 198 Å². The Kier molecular flexibility index (Phi) is 14.5. The van der Waals surface area contributed by atoms with Gasteiger partial charge in [-0.1, -0.05) is 0 Å². The molecule has 0 fully saturated rings. The molecule has 0 heterocycles. The fourth-order valence-corrected chi connectivity index (χ4v) is 3.92. The molecule has 0 radical (unpaired) electrons. The van der Waals surface area contributed by atoms with Crippen molar-refractivity contribution in [1.82, 2.24) is 0 Å². The lowest BCUT2D eigenvalue weighted by Gasteiger charge is -2.47. The van der Waals surface area contributed by atoms with Crippen molar-refractivity contribution in [2.24, 2.45) is 0 Å². The van der Waals surface area contributed by atoms with Crippen molar-refractivity contribution < 1.29 is 203 Å². The highest BCUT2D eigenvalue weighted by Crippen LogP contribution is 2.72. The summed E-state index contributed by atoms with van der Waals surface area (Å²) >= 11 is 0. The van der Waals surface area contributed by atoms with Gasteiger partial charge in [0, 0.05) is 0 Å². The van der Waals surface area contributed by atoms with Crippen molar-refractivity contribution in [2.75, 3.05) is 0 Å². The standard InChI is InChI=1S/C22HF45O/c23-1(24,3(27,28)5(31,32)7(35,36)9(39,40)11(43,44)13(47,48)15(51,52)17(55,56)19(59,60)21(63,64)65)2(25,26)4(29,30)6(33,34)8(37,38)10(41,42)12(45,46)14(49,50)16(53,54)18(57,58)20(61,62)22(66,67)68/h68H. The molecule has 0 amide bonds. The van der Waals surface area contributed by atoms with Gasteiger partial charge in [0.25, 0.3) is 0 Å². The van der Waals surface area contributed by atoms with Crippen molar-refractivity contribution in [3.8, 4) is 0 Å². The second kappa shape index (κ2) is 15.2. The Bertz CT molecular complexity index is 1700. The summed E-state index contributed by atoms with van der Waals surface area (Å²) in [7, 11) is 0. The molecule has 0 aliphatic carbocycles. The average molecular weight is 1140 g/mol. The normalized spacial score (nSPS) is 17.6. The Hall–Kier alpha value is -3.19. The van der Waals surface area contributed by atoms with Crippen LogP contribution in [-0.2, 0) is 0 Å². The van der Waals surface area contributed by atoms with Crippen molar-refractivity contribution in [2.45, 2.75) is 131 Å².